The molecule has 0 aliphatic carbocycles. The maximum Gasteiger partial charge on any atom is 0.323 e. The summed E-state index contributed by atoms with van der Waals surface area (Å²) < 4.78 is 27.5. The SMILES string of the molecule is Cc1ccc(S(=O)(=O)N2CCCN([C@H](C)C(=O)Nc3ccc4[nH]c(=O)[nH]c4c3)CC2)cc1. The third-order valence-electron chi connectivity index (χ3n) is 5.86. The van der Waals surface area contributed by atoms with Gasteiger partial charge in [-0.15, -0.1) is 0 Å². The summed E-state index contributed by atoms with van der Waals surface area (Å²) in [5.74, 6) is -0.183. The number of benzene rings is 2. The van der Waals surface area contributed by atoms with E-state index in [2.05, 4.69) is 15.3 Å². The topological polar surface area (TPSA) is 118 Å². The molecule has 32 heavy (non-hydrogen) atoms. The Morgan fingerprint density at radius 2 is 1.72 bits per heavy atom. The van der Waals surface area contributed by atoms with Gasteiger partial charge < -0.3 is 15.3 Å². The number of aromatic nitrogens is 2. The molecule has 3 aromatic rings. The van der Waals surface area contributed by atoms with Gasteiger partial charge in [0.2, 0.25) is 15.9 Å². The van der Waals surface area contributed by atoms with Crippen molar-refractivity contribution in [2.45, 2.75) is 31.2 Å². The quantitative estimate of drug-likeness (QED) is 0.541. The van der Waals surface area contributed by atoms with E-state index in [1.54, 1.807) is 42.5 Å². The van der Waals surface area contributed by atoms with Crippen LogP contribution in [0.1, 0.15) is 18.9 Å². The number of amides is 1. The second-order valence-electron chi connectivity index (χ2n) is 8.11. The Morgan fingerprint density at radius 3 is 2.47 bits per heavy atom. The lowest BCUT2D eigenvalue weighted by Gasteiger charge is -2.27. The van der Waals surface area contributed by atoms with Gasteiger partial charge in [-0.1, -0.05) is 17.7 Å². The number of aryl methyl sites for hydroxylation is 1. The molecule has 10 heteroatoms. The Bertz CT molecular complexity index is 1280. The smallest absolute Gasteiger partial charge is 0.323 e. The summed E-state index contributed by atoms with van der Waals surface area (Å²) in [7, 11) is -3.56. The van der Waals surface area contributed by atoms with Crippen LogP contribution < -0.4 is 11.0 Å². The van der Waals surface area contributed by atoms with Crippen molar-refractivity contribution in [1.82, 2.24) is 19.2 Å². The first kappa shape index (κ1) is 22.3. The number of hydrogen-bond acceptors (Lipinski definition) is 5. The van der Waals surface area contributed by atoms with Crippen LogP contribution in [0.15, 0.2) is 52.2 Å². The molecule has 1 fully saturated rings. The molecule has 1 saturated heterocycles. The van der Waals surface area contributed by atoms with Crippen LogP contribution in [0.2, 0.25) is 0 Å². The van der Waals surface area contributed by atoms with E-state index in [-0.39, 0.29) is 11.6 Å². The zero-order chi connectivity index (χ0) is 22.9. The minimum Gasteiger partial charge on any atom is -0.325 e. The molecule has 0 bridgehead atoms. The van der Waals surface area contributed by atoms with Crippen LogP contribution in [0.25, 0.3) is 11.0 Å². The van der Waals surface area contributed by atoms with Gasteiger partial charge >= 0.3 is 5.69 Å². The lowest BCUT2D eigenvalue weighted by molar-refractivity contribution is -0.120. The molecule has 2 heterocycles. The van der Waals surface area contributed by atoms with Crippen molar-refractivity contribution in [2.24, 2.45) is 0 Å². The van der Waals surface area contributed by atoms with E-state index in [1.807, 2.05) is 18.7 Å². The molecule has 2 aromatic carbocycles. The van der Waals surface area contributed by atoms with Gasteiger partial charge in [-0.25, -0.2) is 13.2 Å². The van der Waals surface area contributed by atoms with Crippen LogP contribution in [0.3, 0.4) is 0 Å². The predicted molar refractivity (Wildman–Crippen MR) is 123 cm³/mol. The molecule has 3 N–H and O–H groups in total. The van der Waals surface area contributed by atoms with Crippen molar-refractivity contribution in [3.63, 3.8) is 0 Å². The molecule has 1 atom stereocenters. The zero-order valence-electron chi connectivity index (χ0n) is 18.1. The fourth-order valence-corrected chi connectivity index (χ4v) is 5.39. The molecule has 1 aliphatic rings. The van der Waals surface area contributed by atoms with E-state index in [0.717, 1.165) is 5.56 Å². The molecule has 0 unspecified atom stereocenters. The predicted octanol–water partition coefficient (Wildman–Crippen LogP) is 1.89. The Balaban J connectivity index is 1.41. The fraction of sp³-hybridized carbons (Fsp3) is 0.364. The lowest BCUT2D eigenvalue weighted by Crippen LogP contribution is -2.44. The van der Waals surface area contributed by atoms with Crippen LogP contribution in [0.4, 0.5) is 5.69 Å². The summed E-state index contributed by atoms with van der Waals surface area (Å²) in [6.45, 7) is 5.56. The van der Waals surface area contributed by atoms with E-state index >= 15 is 0 Å². The molecule has 0 radical (unpaired) electrons. The number of hydrogen-bond donors (Lipinski definition) is 3. The highest BCUT2D eigenvalue weighted by molar-refractivity contribution is 7.89. The summed E-state index contributed by atoms with van der Waals surface area (Å²) in [5, 5.41) is 2.88. The number of anilines is 1. The second kappa shape index (κ2) is 8.89. The minimum absolute atomic E-state index is 0.183. The zero-order valence-corrected chi connectivity index (χ0v) is 18.9. The van der Waals surface area contributed by atoms with Crippen molar-refractivity contribution in [3.8, 4) is 0 Å². The summed E-state index contributed by atoms with van der Waals surface area (Å²) in [6, 6.07) is 11.6. The second-order valence-corrected chi connectivity index (χ2v) is 10.0. The van der Waals surface area contributed by atoms with E-state index in [0.29, 0.717) is 54.2 Å². The van der Waals surface area contributed by atoms with Crippen molar-refractivity contribution in [3.05, 3.63) is 58.5 Å². The summed E-state index contributed by atoms with van der Waals surface area (Å²) in [5.41, 5.74) is 2.58. The first-order valence-electron chi connectivity index (χ1n) is 10.6. The number of sulfonamides is 1. The van der Waals surface area contributed by atoms with Crippen LogP contribution in [-0.2, 0) is 14.8 Å². The first-order valence-corrected chi connectivity index (χ1v) is 12.0. The van der Waals surface area contributed by atoms with Crippen LogP contribution in [0.5, 0.6) is 0 Å². The third-order valence-corrected chi connectivity index (χ3v) is 7.77. The summed E-state index contributed by atoms with van der Waals surface area (Å²) in [4.78, 5) is 31.9. The van der Waals surface area contributed by atoms with Crippen LogP contribution in [0, 0.1) is 6.92 Å². The van der Waals surface area contributed by atoms with E-state index in [4.69, 9.17) is 0 Å². The standard InChI is InChI=1S/C22H27N5O4S/c1-15-4-7-18(8-5-15)32(30,31)27-11-3-10-26(12-13-27)16(2)21(28)23-17-6-9-19-20(14-17)25-22(29)24-19/h4-9,14,16H,3,10-13H2,1-2H3,(H,23,28)(H2,24,25,29)/t16-/m1/s1. The van der Waals surface area contributed by atoms with Gasteiger partial charge in [-0.05, 0) is 50.6 Å². The Hall–Kier alpha value is -2.95. The minimum atomic E-state index is -3.56. The highest BCUT2D eigenvalue weighted by Crippen LogP contribution is 2.20. The van der Waals surface area contributed by atoms with Gasteiger partial charge in [-0.3, -0.25) is 9.69 Å². The Labute approximate surface area is 186 Å². The first-order chi connectivity index (χ1) is 15.2. The van der Waals surface area contributed by atoms with Gasteiger partial charge in [-0.2, -0.15) is 4.31 Å². The van der Waals surface area contributed by atoms with E-state index in [9.17, 15) is 18.0 Å². The molecule has 1 aromatic heterocycles. The van der Waals surface area contributed by atoms with Crippen molar-refractivity contribution >= 4 is 32.7 Å². The number of aromatic amines is 2. The van der Waals surface area contributed by atoms with Gasteiger partial charge in [0.05, 0.1) is 22.0 Å². The fourth-order valence-electron chi connectivity index (χ4n) is 3.92. The summed E-state index contributed by atoms with van der Waals surface area (Å²) in [6.07, 6.45) is 0.638. The molecule has 9 nitrogen and oxygen atoms in total. The van der Waals surface area contributed by atoms with Gasteiger partial charge in [0.15, 0.2) is 0 Å². The largest absolute Gasteiger partial charge is 0.325 e. The lowest BCUT2D eigenvalue weighted by atomic mass is 10.2. The number of carbonyl (C=O) groups is 1. The number of rotatable bonds is 5. The number of imidazole rings is 1. The summed E-state index contributed by atoms with van der Waals surface area (Å²) >= 11 is 0. The monoisotopic (exact) mass is 457 g/mol. The highest BCUT2D eigenvalue weighted by Gasteiger charge is 2.30. The number of fused-ring (bicyclic) bond motifs is 1. The van der Waals surface area contributed by atoms with Crippen molar-refractivity contribution in [2.75, 3.05) is 31.5 Å². The van der Waals surface area contributed by atoms with Gasteiger partial charge in [0, 0.05) is 31.9 Å². The van der Waals surface area contributed by atoms with Gasteiger partial charge in [0.25, 0.3) is 0 Å². The van der Waals surface area contributed by atoms with E-state index in [1.165, 1.54) is 4.31 Å². The molecule has 1 aliphatic heterocycles. The number of carbonyl (C=O) groups excluding carboxylic acids is 1. The van der Waals surface area contributed by atoms with Crippen LogP contribution >= 0.6 is 0 Å². The molecular weight excluding hydrogens is 430 g/mol. The molecule has 1 amide bonds. The Kier molecular flexibility index (Phi) is 6.18. The number of nitrogens with one attached hydrogen (secondary N) is 3. The molecular formula is C22H27N5O4S. The highest BCUT2D eigenvalue weighted by atomic mass is 32.2. The van der Waals surface area contributed by atoms with Gasteiger partial charge in [0.1, 0.15) is 0 Å². The average Bonchev–Trinajstić information content (AvgIpc) is 2.96. The third kappa shape index (κ3) is 4.62. The Morgan fingerprint density at radius 1 is 1.00 bits per heavy atom. The molecule has 0 saturated carbocycles. The molecule has 0 spiro atoms. The van der Waals surface area contributed by atoms with Crippen molar-refractivity contribution in [1.29, 1.82) is 0 Å². The molecule has 170 valence electrons. The normalized spacial score (nSPS) is 17.2. The maximum atomic E-state index is 13.0. The van der Waals surface area contributed by atoms with Crippen molar-refractivity contribution < 1.29 is 13.2 Å². The molecule has 4 rings (SSSR count). The average molecular weight is 458 g/mol. The van der Waals surface area contributed by atoms with Crippen LogP contribution in [-0.4, -0.2) is 65.7 Å². The van der Waals surface area contributed by atoms with E-state index < -0.39 is 16.1 Å². The number of nitrogens with zero attached hydrogens (tertiary/aromatic N) is 2. The maximum absolute atomic E-state index is 13.0. The number of H-pyrrole nitrogens is 2.